The maximum Gasteiger partial charge on any atom is 0.237 e. The molecule has 5 nitrogen and oxygen atoms in total. The number of carbonyl (C=O) groups excluding carboxylic acids is 2. The maximum absolute atomic E-state index is 13.4. The minimum absolute atomic E-state index is 0.0531. The van der Waals surface area contributed by atoms with Crippen LogP contribution in [-0.4, -0.2) is 65.8 Å². The highest BCUT2D eigenvalue weighted by molar-refractivity contribution is 5.80. The fraction of sp³-hybridized carbons (Fsp3) is 0.619. The highest BCUT2D eigenvalue weighted by atomic mass is 19.1. The van der Waals surface area contributed by atoms with Crippen molar-refractivity contribution in [1.82, 2.24) is 14.7 Å². The number of halogens is 1. The fourth-order valence-electron chi connectivity index (χ4n) is 4.08. The van der Waals surface area contributed by atoms with Crippen molar-refractivity contribution in [2.75, 3.05) is 39.3 Å². The second-order valence-electron chi connectivity index (χ2n) is 7.62. The quantitative estimate of drug-likeness (QED) is 0.767. The zero-order chi connectivity index (χ0) is 19.2. The lowest BCUT2D eigenvalue weighted by Crippen LogP contribution is -2.52. The van der Waals surface area contributed by atoms with Gasteiger partial charge in [-0.05, 0) is 37.5 Å². The summed E-state index contributed by atoms with van der Waals surface area (Å²) in [5.41, 5.74) is 0.803. The molecule has 0 radical (unpaired) electrons. The van der Waals surface area contributed by atoms with Crippen LogP contribution < -0.4 is 0 Å². The smallest absolute Gasteiger partial charge is 0.237 e. The van der Waals surface area contributed by atoms with Crippen LogP contribution in [0.15, 0.2) is 24.3 Å². The topological polar surface area (TPSA) is 43.9 Å². The summed E-state index contributed by atoms with van der Waals surface area (Å²) >= 11 is 0. The minimum Gasteiger partial charge on any atom is -0.340 e. The van der Waals surface area contributed by atoms with Gasteiger partial charge in [0.15, 0.2) is 0 Å². The maximum atomic E-state index is 13.4. The van der Waals surface area contributed by atoms with Crippen molar-refractivity contribution < 1.29 is 14.0 Å². The lowest BCUT2D eigenvalue weighted by molar-refractivity contribution is -0.138. The Morgan fingerprint density at radius 3 is 2.48 bits per heavy atom. The summed E-state index contributed by atoms with van der Waals surface area (Å²) < 4.78 is 13.4. The molecule has 0 unspecified atom stereocenters. The molecule has 3 rings (SSSR count). The van der Waals surface area contributed by atoms with Crippen molar-refractivity contribution in [3.63, 3.8) is 0 Å². The molecule has 1 aromatic carbocycles. The highest BCUT2D eigenvalue weighted by Crippen LogP contribution is 2.26. The van der Waals surface area contributed by atoms with Gasteiger partial charge in [-0.3, -0.25) is 14.5 Å². The van der Waals surface area contributed by atoms with E-state index in [2.05, 4.69) is 4.90 Å². The zero-order valence-corrected chi connectivity index (χ0v) is 16.2. The van der Waals surface area contributed by atoms with Crippen LogP contribution in [-0.2, 0) is 16.1 Å². The molecular formula is C21H30FN3O2. The highest BCUT2D eigenvalue weighted by Gasteiger charge is 2.30. The van der Waals surface area contributed by atoms with Crippen LogP contribution in [0.1, 0.15) is 38.2 Å². The van der Waals surface area contributed by atoms with Gasteiger partial charge in [0.25, 0.3) is 0 Å². The summed E-state index contributed by atoms with van der Waals surface area (Å²) in [6.45, 7) is 6.20. The van der Waals surface area contributed by atoms with Crippen molar-refractivity contribution in [2.24, 2.45) is 5.92 Å². The molecule has 2 fully saturated rings. The molecule has 0 atom stereocenters. The Labute approximate surface area is 161 Å². The SMILES string of the molecule is CCN(Cc1cccc(F)c1)C(=O)CN1CCN(C(=O)C2CCCC2)CC1. The van der Waals surface area contributed by atoms with Gasteiger partial charge in [-0.1, -0.05) is 25.0 Å². The number of carbonyl (C=O) groups is 2. The van der Waals surface area contributed by atoms with Crippen molar-refractivity contribution in [2.45, 2.75) is 39.2 Å². The van der Waals surface area contributed by atoms with E-state index in [1.54, 1.807) is 11.0 Å². The van der Waals surface area contributed by atoms with Crippen molar-refractivity contribution in [3.05, 3.63) is 35.6 Å². The molecule has 27 heavy (non-hydrogen) atoms. The number of benzene rings is 1. The first kappa shape index (κ1) is 19.8. The summed E-state index contributed by atoms with van der Waals surface area (Å²) in [5, 5.41) is 0. The predicted molar refractivity (Wildman–Crippen MR) is 102 cm³/mol. The zero-order valence-electron chi connectivity index (χ0n) is 16.2. The predicted octanol–water partition coefficient (Wildman–Crippen LogP) is 2.51. The number of amides is 2. The van der Waals surface area contributed by atoms with E-state index >= 15 is 0 Å². The van der Waals surface area contributed by atoms with Crippen molar-refractivity contribution in [3.8, 4) is 0 Å². The van der Waals surface area contributed by atoms with Gasteiger partial charge in [0.1, 0.15) is 5.82 Å². The monoisotopic (exact) mass is 375 g/mol. The molecular weight excluding hydrogens is 345 g/mol. The lowest BCUT2D eigenvalue weighted by Gasteiger charge is -2.36. The Hall–Kier alpha value is -1.95. The summed E-state index contributed by atoms with van der Waals surface area (Å²) in [7, 11) is 0. The largest absolute Gasteiger partial charge is 0.340 e. The number of nitrogens with zero attached hydrogens (tertiary/aromatic N) is 3. The summed E-state index contributed by atoms with van der Waals surface area (Å²) in [6, 6.07) is 6.40. The average molecular weight is 375 g/mol. The standard InChI is InChI=1S/C21H30FN3O2/c1-2-24(15-17-6-5-9-19(22)14-17)20(26)16-23-10-12-25(13-11-23)21(27)18-7-3-4-8-18/h5-6,9,14,18H,2-4,7-8,10-13,15-16H2,1H3. The third-order valence-corrected chi connectivity index (χ3v) is 5.74. The van der Waals surface area contributed by atoms with Gasteiger partial charge in [-0.15, -0.1) is 0 Å². The van der Waals surface area contributed by atoms with Crippen LogP contribution in [0.5, 0.6) is 0 Å². The molecule has 0 aromatic heterocycles. The molecule has 148 valence electrons. The molecule has 2 amide bonds. The van der Waals surface area contributed by atoms with E-state index in [-0.39, 0.29) is 17.6 Å². The van der Waals surface area contributed by atoms with E-state index in [1.165, 1.54) is 25.0 Å². The Kier molecular flexibility index (Phi) is 6.83. The second kappa shape index (κ2) is 9.31. The first-order valence-electron chi connectivity index (χ1n) is 10.1. The molecule has 0 N–H and O–H groups in total. The molecule has 1 aliphatic heterocycles. The number of likely N-dealkylation sites (N-methyl/N-ethyl adjacent to an activating group) is 1. The molecule has 1 heterocycles. The van der Waals surface area contributed by atoms with Crippen LogP contribution in [0.25, 0.3) is 0 Å². The van der Waals surface area contributed by atoms with Gasteiger partial charge in [-0.2, -0.15) is 0 Å². The minimum atomic E-state index is -0.279. The molecule has 0 bridgehead atoms. The Bertz CT molecular complexity index is 653. The van der Waals surface area contributed by atoms with Crippen molar-refractivity contribution in [1.29, 1.82) is 0 Å². The van der Waals surface area contributed by atoms with Gasteiger partial charge in [0, 0.05) is 45.2 Å². The first-order chi connectivity index (χ1) is 13.1. The van der Waals surface area contributed by atoms with Gasteiger partial charge in [0.05, 0.1) is 6.54 Å². The Balaban J connectivity index is 1.47. The molecule has 1 saturated carbocycles. The molecule has 1 aliphatic carbocycles. The number of piperazine rings is 1. The van der Waals surface area contributed by atoms with Crippen LogP contribution in [0.3, 0.4) is 0 Å². The summed E-state index contributed by atoms with van der Waals surface area (Å²) in [5.74, 6) is 0.302. The normalized spacial score (nSPS) is 18.7. The number of hydrogen-bond donors (Lipinski definition) is 0. The molecule has 1 saturated heterocycles. The number of hydrogen-bond acceptors (Lipinski definition) is 3. The second-order valence-corrected chi connectivity index (χ2v) is 7.62. The third kappa shape index (κ3) is 5.28. The van der Waals surface area contributed by atoms with Crippen LogP contribution in [0, 0.1) is 11.7 Å². The van der Waals surface area contributed by atoms with E-state index < -0.39 is 0 Å². The van der Waals surface area contributed by atoms with Gasteiger partial charge >= 0.3 is 0 Å². The molecule has 6 heteroatoms. The van der Waals surface area contributed by atoms with Crippen LogP contribution in [0.4, 0.5) is 4.39 Å². The summed E-state index contributed by atoms with van der Waals surface area (Å²) in [4.78, 5) is 31.0. The van der Waals surface area contributed by atoms with E-state index in [4.69, 9.17) is 0 Å². The Morgan fingerprint density at radius 2 is 1.85 bits per heavy atom. The molecule has 1 aromatic rings. The Morgan fingerprint density at radius 1 is 1.15 bits per heavy atom. The van der Waals surface area contributed by atoms with E-state index in [1.807, 2.05) is 17.9 Å². The third-order valence-electron chi connectivity index (χ3n) is 5.74. The molecule has 0 spiro atoms. The van der Waals surface area contributed by atoms with Gasteiger partial charge < -0.3 is 9.80 Å². The van der Waals surface area contributed by atoms with Crippen molar-refractivity contribution >= 4 is 11.8 Å². The average Bonchev–Trinajstić information content (AvgIpc) is 3.21. The lowest BCUT2D eigenvalue weighted by atomic mass is 10.1. The van der Waals surface area contributed by atoms with Gasteiger partial charge in [0.2, 0.25) is 11.8 Å². The first-order valence-corrected chi connectivity index (χ1v) is 10.1. The van der Waals surface area contributed by atoms with Crippen LogP contribution >= 0.6 is 0 Å². The van der Waals surface area contributed by atoms with E-state index in [0.717, 1.165) is 31.5 Å². The summed E-state index contributed by atoms with van der Waals surface area (Å²) in [6.07, 6.45) is 4.40. The number of rotatable bonds is 6. The fourth-order valence-corrected chi connectivity index (χ4v) is 4.08. The van der Waals surface area contributed by atoms with E-state index in [9.17, 15) is 14.0 Å². The van der Waals surface area contributed by atoms with Gasteiger partial charge in [-0.25, -0.2) is 4.39 Å². The van der Waals surface area contributed by atoms with E-state index in [0.29, 0.717) is 38.6 Å². The van der Waals surface area contributed by atoms with Crippen LogP contribution in [0.2, 0.25) is 0 Å². The molecule has 2 aliphatic rings.